The summed E-state index contributed by atoms with van der Waals surface area (Å²) in [6.45, 7) is 3.78. The predicted octanol–water partition coefficient (Wildman–Crippen LogP) is 4.46. The van der Waals surface area contributed by atoms with Gasteiger partial charge in [0.05, 0.1) is 4.34 Å². The molecule has 0 unspecified atom stereocenters. The zero-order valence-corrected chi connectivity index (χ0v) is 18.3. The molecule has 0 aliphatic carbocycles. The molecular formula is C17H21ClN4O3S3. The number of carbonyl (C=O) groups is 2. The Balaban J connectivity index is 1.50. The number of nitrogens with zero attached hydrogens (tertiary/aromatic N) is 2. The molecule has 3 heterocycles. The first-order valence-corrected chi connectivity index (χ1v) is 11.9. The number of urea groups is 1. The molecule has 7 nitrogen and oxygen atoms in total. The molecule has 1 aliphatic heterocycles. The molecule has 0 bridgehead atoms. The van der Waals surface area contributed by atoms with E-state index in [4.69, 9.17) is 11.6 Å². The smallest absolute Gasteiger partial charge is 0.341 e. The number of carboxylic acid groups (broad SMARTS) is 1. The van der Waals surface area contributed by atoms with Crippen LogP contribution in [0.3, 0.4) is 0 Å². The van der Waals surface area contributed by atoms with Crippen LogP contribution in [-0.2, 0) is 5.75 Å². The maximum absolute atomic E-state index is 12.1. The van der Waals surface area contributed by atoms with Crippen molar-refractivity contribution in [2.75, 3.05) is 31.5 Å². The minimum atomic E-state index is -1.11. The van der Waals surface area contributed by atoms with Crippen molar-refractivity contribution in [3.05, 3.63) is 26.9 Å². The van der Waals surface area contributed by atoms with Crippen LogP contribution in [0.5, 0.6) is 0 Å². The Morgan fingerprint density at radius 2 is 2.11 bits per heavy atom. The lowest BCUT2D eigenvalue weighted by atomic mass is 10.3. The number of hydrogen-bond acceptors (Lipinski definition) is 7. The SMILES string of the molecule is O=C(NCCCN1CCCC1)Nc1snc(SCc2ccc(Cl)s2)c1C(=O)O. The van der Waals surface area contributed by atoms with Crippen molar-refractivity contribution < 1.29 is 14.7 Å². The number of amides is 2. The number of aromatic carboxylic acids is 1. The number of carbonyl (C=O) groups excluding carboxylic acids is 1. The van der Waals surface area contributed by atoms with Gasteiger partial charge in [-0.3, -0.25) is 5.32 Å². The van der Waals surface area contributed by atoms with E-state index in [-0.39, 0.29) is 10.6 Å². The highest BCUT2D eigenvalue weighted by molar-refractivity contribution is 7.98. The number of thioether (sulfide) groups is 1. The van der Waals surface area contributed by atoms with Crippen LogP contribution < -0.4 is 10.6 Å². The normalized spacial score (nSPS) is 14.3. The van der Waals surface area contributed by atoms with Crippen molar-refractivity contribution in [3.63, 3.8) is 0 Å². The standard InChI is InChI=1S/C17H21ClN4O3S3/c18-12-5-4-11(27-12)10-26-15-13(16(23)24)14(28-21-15)20-17(25)19-6-3-9-22-7-1-2-8-22/h4-5H,1-3,6-10H2,(H,23,24)(H2,19,20,25). The van der Waals surface area contributed by atoms with Crippen LogP contribution in [0.2, 0.25) is 4.34 Å². The maximum Gasteiger partial charge on any atom is 0.341 e. The topological polar surface area (TPSA) is 94.6 Å². The lowest BCUT2D eigenvalue weighted by molar-refractivity contribution is 0.0694. The first kappa shape index (κ1) is 21.4. The Kier molecular flexibility index (Phi) is 7.98. The second-order valence-electron chi connectivity index (χ2n) is 6.27. The van der Waals surface area contributed by atoms with E-state index in [1.165, 1.54) is 35.9 Å². The fourth-order valence-electron chi connectivity index (χ4n) is 2.87. The number of halogens is 1. The molecule has 1 aliphatic rings. The molecule has 2 aromatic heterocycles. The number of aromatic nitrogens is 1. The molecule has 152 valence electrons. The van der Waals surface area contributed by atoms with Gasteiger partial charge >= 0.3 is 12.0 Å². The molecule has 0 saturated carbocycles. The summed E-state index contributed by atoms with van der Waals surface area (Å²) in [5.74, 6) is -0.534. The first-order valence-electron chi connectivity index (χ1n) is 8.90. The summed E-state index contributed by atoms with van der Waals surface area (Å²) >= 11 is 9.66. The Bertz CT molecular complexity index is 820. The van der Waals surface area contributed by atoms with E-state index >= 15 is 0 Å². The van der Waals surface area contributed by atoms with Crippen LogP contribution in [0.1, 0.15) is 34.5 Å². The molecule has 2 amide bonds. The van der Waals surface area contributed by atoms with Gasteiger partial charge in [-0.15, -0.1) is 11.3 Å². The summed E-state index contributed by atoms with van der Waals surface area (Å²) in [4.78, 5) is 27.2. The zero-order chi connectivity index (χ0) is 19.9. The lowest BCUT2D eigenvalue weighted by Crippen LogP contribution is -2.32. The Morgan fingerprint density at radius 1 is 1.32 bits per heavy atom. The molecular weight excluding hydrogens is 440 g/mol. The van der Waals surface area contributed by atoms with Gasteiger partial charge in [-0.2, -0.15) is 4.37 Å². The van der Waals surface area contributed by atoms with E-state index in [1.54, 1.807) is 0 Å². The summed E-state index contributed by atoms with van der Waals surface area (Å²) in [5, 5.41) is 15.6. The van der Waals surface area contributed by atoms with Crippen LogP contribution in [0.25, 0.3) is 0 Å². The van der Waals surface area contributed by atoms with Crippen molar-refractivity contribution in [3.8, 4) is 0 Å². The molecule has 0 radical (unpaired) electrons. The quantitative estimate of drug-likeness (QED) is 0.378. The molecule has 28 heavy (non-hydrogen) atoms. The van der Waals surface area contributed by atoms with E-state index in [0.29, 0.717) is 21.7 Å². The number of hydrogen-bond donors (Lipinski definition) is 3. The average Bonchev–Trinajstić information content (AvgIpc) is 3.38. The molecule has 0 aromatic carbocycles. The van der Waals surface area contributed by atoms with Gasteiger partial charge in [0.15, 0.2) is 0 Å². The molecule has 1 fully saturated rings. The third-order valence-corrected chi connectivity index (χ3v) is 7.53. The first-order chi connectivity index (χ1) is 13.5. The van der Waals surface area contributed by atoms with E-state index in [0.717, 1.165) is 42.5 Å². The monoisotopic (exact) mass is 460 g/mol. The summed E-state index contributed by atoms with van der Waals surface area (Å²) in [6.07, 6.45) is 3.36. The molecule has 0 spiro atoms. The van der Waals surface area contributed by atoms with Crippen LogP contribution in [0.15, 0.2) is 17.2 Å². The predicted molar refractivity (Wildman–Crippen MR) is 115 cm³/mol. The van der Waals surface area contributed by atoms with Crippen molar-refractivity contribution in [2.45, 2.75) is 30.0 Å². The summed E-state index contributed by atoms with van der Waals surface area (Å²) in [7, 11) is 0. The summed E-state index contributed by atoms with van der Waals surface area (Å²) in [6, 6.07) is 3.30. The maximum atomic E-state index is 12.1. The largest absolute Gasteiger partial charge is 0.477 e. The van der Waals surface area contributed by atoms with Gasteiger partial charge < -0.3 is 15.3 Å². The summed E-state index contributed by atoms with van der Waals surface area (Å²) in [5.41, 5.74) is 0.0323. The van der Waals surface area contributed by atoms with E-state index in [9.17, 15) is 14.7 Å². The lowest BCUT2D eigenvalue weighted by Gasteiger charge is -2.14. The number of carboxylic acids is 1. The van der Waals surface area contributed by atoms with Gasteiger partial charge in [0.2, 0.25) is 0 Å². The van der Waals surface area contributed by atoms with Gasteiger partial charge in [-0.05, 0) is 62.6 Å². The highest BCUT2D eigenvalue weighted by atomic mass is 35.5. The van der Waals surface area contributed by atoms with Gasteiger partial charge in [-0.25, -0.2) is 9.59 Å². The zero-order valence-electron chi connectivity index (χ0n) is 15.1. The molecule has 3 N–H and O–H groups in total. The van der Waals surface area contributed by atoms with Gasteiger partial charge in [-0.1, -0.05) is 23.4 Å². The minimum absolute atomic E-state index is 0.0323. The molecule has 0 atom stereocenters. The fourth-order valence-corrected chi connectivity index (χ4v) is 5.95. The summed E-state index contributed by atoms with van der Waals surface area (Å²) < 4.78 is 4.90. The highest BCUT2D eigenvalue weighted by Gasteiger charge is 2.22. The van der Waals surface area contributed by atoms with Crippen LogP contribution in [0, 0.1) is 0 Å². The van der Waals surface area contributed by atoms with E-state index < -0.39 is 12.0 Å². The highest BCUT2D eigenvalue weighted by Crippen LogP contribution is 2.35. The number of likely N-dealkylation sites (tertiary alicyclic amines) is 1. The van der Waals surface area contributed by atoms with Gasteiger partial charge in [0.25, 0.3) is 0 Å². The van der Waals surface area contributed by atoms with Crippen molar-refractivity contribution >= 4 is 63.2 Å². The Labute approximate surface area is 180 Å². The number of nitrogens with one attached hydrogen (secondary N) is 2. The molecule has 11 heteroatoms. The molecule has 3 rings (SSSR count). The van der Waals surface area contributed by atoms with Crippen molar-refractivity contribution in [1.82, 2.24) is 14.6 Å². The third kappa shape index (κ3) is 6.08. The van der Waals surface area contributed by atoms with Crippen molar-refractivity contribution in [1.29, 1.82) is 0 Å². The second kappa shape index (κ2) is 10.4. The minimum Gasteiger partial charge on any atom is -0.477 e. The van der Waals surface area contributed by atoms with Gasteiger partial charge in [0.1, 0.15) is 15.6 Å². The van der Waals surface area contributed by atoms with Crippen LogP contribution in [-0.4, -0.2) is 52.6 Å². The van der Waals surface area contributed by atoms with E-state index in [1.807, 2.05) is 12.1 Å². The molecule has 1 saturated heterocycles. The average molecular weight is 461 g/mol. The number of anilines is 1. The third-order valence-electron chi connectivity index (χ3n) is 4.22. The second-order valence-corrected chi connectivity index (χ2v) is 9.81. The molecule has 2 aromatic rings. The van der Waals surface area contributed by atoms with Crippen molar-refractivity contribution in [2.24, 2.45) is 0 Å². The fraction of sp³-hybridized carbons (Fsp3) is 0.471. The van der Waals surface area contributed by atoms with Gasteiger partial charge in [0, 0.05) is 17.2 Å². The van der Waals surface area contributed by atoms with E-state index in [2.05, 4.69) is 19.9 Å². The van der Waals surface area contributed by atoms with Crippen LogP contribution in [0.4, 0.5) is 9.80 Å². The Morgan fingerprint density at radius 3 is 2.79 bits per heavy atom. The van der Waals surface area contributed by atoms with Crippen LogP contribution >= 0.6 is 46.2 Å². The number of rotatable bonds is 9. The Hall–Kier alpha value is -1.33. The number of thiophene rings is 1.